The van der Waals surface area contributed by atoms with Crippen LogP contribution in [0.1, 0.15) is 32.1 Å². The molecule has 0 aromatic carbocycles. The molecule has 2 aliphatic rings. The highest BCUT2D eigenvalue weighted by Crippen LogP contribution is 2.18. The summed E-state index contributed by atoms with van der Waals surface area (Å²) in [5, 5.41) is 0. The minimum absolute atomic E-state index is 0.0278. The number of hydrogen-bond donors (Lipinski definition) is 0. The summed E-state index contributed by atoms with van der Waals surface area (Å²) in [7, 11) is -0.863. The van der Waals surface area contributed by atoms with Gasteiger partial charge in [-0.1, -0.05) is 12.8 Å². The van der Waals surface area contributed by atoms with Crippen LogP contribution < -0.4 is 0 Å². The van der Waals surface area contributed by atoms with Gasteiger partial charge in [0.05, 0.1) is 11.8 Å². The van der Waals surface area contributed by atoms with Crippen LogP contribution in [0.15, 0.2) is 0 Å². The molecule has 2 heterocycles. The Morgan fingerprint density at radius 1 is 1.00 bits per heavy atom. The van der Waals surface area contributed by atoms with Crippen LogP contribution in [0.5, 0.6) is 0 Å². The van der Waals surface area contributed by atoms with Crippen molar-refractivity contribution in [2.45, 2.75) is 38.1 Å². The molecular weight excluding hydrogens is 314 g/mol. The molecule has 1 amide bonds. The van der Waals surface area contributed by atoms with Crippen molar-refractivity contribution in [3.63, 3.8) is 0 Å². The zero-order chi connectivity index (χ0) is 16.9. The van der Waals surface area contributed by atoms with Crippen molar-refractivity contribution in [1.29, 1.82) is 0 Å². The summed E-state index contributed by atoms with van der Waals surface area (Å²) in [4.78, 5) is 19.2. The van der Waals surface area contributed by atoms with E-state index in [0.717, 1.165) is 45.4 Å². The van der Waals surface area contributed by atoms with E-state index in [1.807, 2.05) is 4.90 Å². The Kier molecular flexibility index (Phi) is 6.85. The average molecular weight is 346 g/mol. The standard InChI is InChI=1S/C16H31N3O3S/c1-17-8-5-3-4-7-15(17)16(20)19-10-6-9-18(11-12-19)13-14-23(2,21)22/h15H,3-14H2,1-2H3. The van der Waals surface area contributed by atoms with E-state index in [1.54, 1.807) is 0 Å². The maximum absolute atomic E-state index is 12.9. The van der Waals surface area contributed by atoms with Crippen molar-refractivity contribution in [2.24, 2.45) is 0 Å². The third-order valence-electron chi connectivity index (χ3n) is 4.98. The largest absolute Gasteiger partial charge is 0.340 e. The minimum atomic E-state index is -2.92. The molecular formula is C16H31N3O3S. The van der Waals surface area contributed by atoms with E-state index in [4.69, 9.17) is 0 Å². The zero-order valence-corrected chi connectivity index (χ0v) is 15.4. The number of likely N-dealkylation sites (tertiary alicyclic amines) is 1. The smallest absolute Gasteiger partial charge is 0.239 e. The molecule has 1 atom stereocenters. The molecule has 2 saturated heterocycles. The zero-order valence-electron chi connectivity index (χ0n) is 14.5. The van der Waals surface area contributed by atoms with Crippen molar-refractivity contribution >= 4 is 15.7 Å². The highest BCUT2D eigenvalue weighted by molar-refractivity contribution is 7.90. The van der Waals surface area contributed by atoms with Crippen molar-refractivity contribution in [3.05, 3.63) is 0 Å². The summed E-state index contributed by atoms with van der Waals surface area (Å²) >= 11 is 0. The van der Waals surface area contributed by atoms with E-state index in [-0.39, 0.29) is 17.7 Å². The number of carbonyl (C=O) groups is 1. The Bertz CT molecular complexity index is 495. The van der Waals surface area contributed by atoms with Crippen LogP contribution in [0.2, 0.25) is 0 Å². The third kappa shape index (κ3) is 6.04. The van der Waals surface area contributed by atoms with Crippen LogP contribution in [0.25, 0.3) is 0 Å². The Morgan fingerprint density at radius 2 is 1.78 bits per heavy atom. The first-order valence-corrected chi connectivity index (χ1v) is 10.8. The number of nitrogens with zero attached hydrogens (tertiary/aromatic N) is 3. The normalized spacial score (nSPS) is 25.8. The molecule has 1 unspecified atom stereocenters. The first kappa shape index (κ1) is 18.7. The van der Waals surface area contributed by atoms with Gasteiger partial charge >= 0.3 is 0 Å². The van der Waals surface area contributed by atoms with Crippen LogP contribution in [-0.2, 0) is 14.6 Å². The SMILES string of the molecule is CN1CCCCCC1C(=O)N1CCCN(CCS(C)(=O)=O)CC1. The molecule has 0 aromatic rings. The van der Waals surface area contributed by atoms with E-state index in [0.29, 0.717) is 13.1 Å². The van der Waals surface area contributed by atoms with Crippen LogP contribution in [0, 0.1) is 0 Å². The quantitative estimate of drug-likeness (QED) is 0.740. The highest BCUT2D eigenvalue weighted by Gasteiger charge is 2.29. The molecule has 0 spiro atoms. The number of carbonyl (C=O) groups excluding carboxylic acids is 1. The summed E-state index contributed by atoms with van der Waals surface area (Å²) in [6, 6.07) is 0.0278. The van der Waals surface area contributed by atoms with E-state index in [1.165, 1.54) is 19.1 Å². The summed E-state index contributed by atoms with van der Waals surface area (Å²) in [5.74, 6) is 0.464. The second-order valence-corrected chi connectivity index (χ2v) is 9.26. The molecule has 6 nitrogen and oxygen atoms in total. The Hall–Kier alpha value is -0.660. The fourth-order valence-corrected chi connectivity index (χ4v) is 4.07. The number of hydrogen-bond acceptors (Lipinski definition) is 5. The Labute approximate surface area is 140 Å². The van der Waals surface area contributed by atoms with Gasteiger partial charge < -0.3 is 9.80 Å². The van der Waals surface area contributed by atoms with Crippen LogP contribution >= 0.6 is 0 Å². The summed E-state index contributed by atoms with van der Waals surface area (Å²) in [5.41, 5.74) is 0. The number of rotatable bonds is 4. The van der Waals surface area contributed by atoms with E-state index in [2.05, 4.69) is 16.8 Å². The van der Waals surface area contributed by atoms with Crippen molar-refractivity contribution in [1.82, 2.24) is 14.7 Å². The fraction of sp³-hybridized carbons (Fsp3) is 0.938. The van der Waals surface area contributed by atoms with Crippen LogP contribution in [0.4, 0.5) is 0 Å². The molecule has 7 heteroatoms. The fourth-order valence-electron chi connectivity index (χ4n) is 3.48. The van der Waals surface area contributed by atoms with Gasteiger partial charge in [0.15, 0.2) is 0 Å². The molecule has 2 aliphatic heterocycles. The second kappa shape index (κ2) is 8.44. The average Bonchev–Trinajstić information content (AvgIpc) is 2.84. The van der Waals surface area contributed by atoms with Gasteiger partial charge in [-0.05, 0) is 39.4 Å². The van der Waals surface area contributed by atoms with Gasteiger partial charge in [0.25, 0.3) is 0 Å². The Balaban J connectivity index is 1.87. The van der Waals surface area contributed by atoms with Crippen LogP contribution in [0.3, 0.4) is 0 Å². The lowest BCUT2D eigenvalue weighted by atomic mass is 10.1. The molecule has 0 radical (unpaired) electrons. The molecule has 0 aliphatic carbocycles. The van der Waals surface area contributed by atoms with E-state index in [9.17, 15) is 13.2 Å². The van der Waals surface area contributed by atoms with Crippen molar-refractivity contribution in [3.8, 4) is 0 Å². The number of amides is 1. The van der Waals surface area contributed by atoms with Gasteiger partial charge in [0.1, 0.15) is 9.84 Å². The minimum Gasteiger partial charge on any atom is -0.340 e. The third-order valence-corrected chi connectivity index (χ3v) is 5.91. The van der Waals surface area contributed by atoms with Gasteiger partial charge in [0.2, 0.25) is 5.91 Å². The first-order chi connectivity index (χ1) is 10.9. The van der Waals surface area contributed by atoms with E-state index >= 15 is 0 Å². The van der Waals surface area contributed by atoms with Gasteiger partial charge in [-0.15, -0.1) is 0 Å². The van der Waals surface area contributed by atoms with Crippen molar-refractivity contribution in [2.75, 3.05) is 58.3 Å². The first-order valence-electron chi connectivity index (χ1n) is 8.76. The summed E-state index contributed by atoms with van der Waals surface area (Å²) in [6.07, 6.45) is 6.69. The molecule has 2 rings (SSSR count). The molecule has 0 N–H and O–H groups in total. The topological polar surface area (TPSA) is 60.9 Å². The summed E-state index contributed by atoms with van der Waals surface area (Å²) in [6.45, 7) is 4.73. The number of likely N-dealkylation sites (N-methyl/N-ethyl adjacent to an activating group) is 1. The van der Waals surface area contributed by atoms with Gasteiger partial charge in [-0.25, -0.2) is 8.42 Å². The monoisotopic (exact) mass is 345 g/mol. The lowest BCUT2D eigenvalue weighted by Gasteiger charge is -2.30. The predicted molar refractivity (Wildman–Crippen MR) is 92.2 cm³/mol. The Morgan fingerprint density at radius 3 is 2.52 bits per heavy atom. The molecule has 0 saturated carbocycles. The van der Waals surface area contributed by atoms with Crippen molar-refractivity contribution < 1.29 is 13.2 Å². The van der Waals surface area contributed by atoms with E-state index < -0.39 is 9.84 Å². The number of sulfone groups is 1. The van der Waals surface area contributed by atoms with Gasteiger partial charge in [-0.3, -0.25) is 9.69 Å². The molecule has 2 fully saturated rings. The maximum Gasteiger partial charge on any atom is 0.239 e. The molecule has 0 bridgehead atoms. The molecule has 0 aromatic heterocycles. The lowest BCUT2D eigenvalue weighted by molar-refractivity contribution is -0.136. The molecule has 134 valence electrons. The predicted octanol–water partition coefficient (Wildman–Crippen LogP) is 0.440. The second-order valence-electron chi connectivity index (χ2n) is 7.00. The summed E-state index contributed by atoms with van der Waals surface area (Å²) < 4.78 is 22.6. The van der Waals surface area contributed by atoms with Gasteiger partial charge in [0, 0.05) is 32.4 Å². The maximum atomic E-state index is 12.9. The van der Waals surface area contributed by atoms with Gasteiger partial charge in [-0.2, -0.15) is 0 Å². The van der Waals surface area contributed by atoms with Crippen LogP contribution in [-0.4, -0.2) is 93.4 Å². The lowest BCUT2D eigenvalue weighted by Crippen LogP contribution is -2.48. The highest BCUT2D eigenvalue weighted by atomic mass is 32.2. The molecule has 23 heavy (non-hydrogen) atoms.